The van der Waals surface area contributed by atoms with Gasteiger partial charge in [0.2, 0.25) is 0 Å². The first-order valence-electron chi connectivity index (χ1n) is 13.5. The largest absolute Gasteiger partial charge is 0.465 e. The van der Waals surface area contributed by atoms with Gasteiger partial charge in [-0.25, -0.2) is 19.6 Å². The summed E-state index contributed by atoms with van der Waals surface area (Å²) in [6.07, 6.45) is -0.161. The lowest BCUT2D eigenvalue weighted by Gasteiger charge is -2.20. The van der Waals surface area contributed by atoms with Crippen LogP contribution in [0.4, 0.5) is 26.9 Å². The van der Waals surface area contributed by atoms with E-state index in [9.17, 15) is 19.5 Å². The van der Waals surface area contributed by atoms with E-state index in [2.05, 4.69) is 20.6 Å². The quantitative estimate of drug-likeness (QED) is 0.191. The summed E-state index contributed by atoms with van der Waals surface area (Å²) in [6, 6.07) is 21.0. The number of carbonyl (C=O) groups excluding carboxylic acids is 2. The van der Waals surface area contributed by atoms with Gasteiger partial charge in [-0.15, -0.1) is 0 Å². The summed E-state index contributed by atoms with van der Waals surface area (Å²) in [5, 5.41) is 15.9. The number of nitrogens with zero attached hydrogens (tertiary/aromatic N) is 3. The van der Waals surface area contributed by atoms with Crippen molar-refractivity contribution < 1.29 is 24.2 Å². The maximum atomic E-state index is 13.3. The van der Waals surface area contributed by atoms with Gasteiger partial charge in [0.25, 0.3) is 5.91 Å². The predicted octanol–water partition coefficient (Wildman–Crippen LogP) is 7.43. The number of hydrogen-bond donors (Lipinski definition) is 3. The molecule has 3 N–H and O–H groups in total. The van der Waals surface area contributed by atoms with E-state index in [1.807, 2.05) is 31.2 Å². The highest BCUT2D eigenvalue weighted by atomic mass is 35.5. The SMILES string of the molecule is Cc1ccc(-c2ccc(Cl)cc2)c(C(=O)Nc2ccc(N(CCc3cccc(NC(=O)OC(C)(C)C)n3)C(=O)O)nc2)c1. The fraction of sp³-hybridized carbons (Fsp3) is 0.219. The molecule has 0 unspecified atom stereocenters. The summed E-state index contributed by atoms with van der Waals surface area (Å²) in [4.78, 5) is 47.1. The Labute approximate surface area is 254 Å². The van der Waals surface area contributed by atoms with Crippen LogP contribution < -0.4 is 15.5 Å². The van der Waals surface area contributed by atoms with Crippen LogP contribution in [0.3, 0.4) is 0 Å². The van der Waals surface area contributed by atoms with Gasteiger partial charge in [-0.05, 0) is 81.3 Å². The highest BCUT2D eigenvalue weighted by Crippen LogP contribution is 2.27. The number of carboxylic acid groups (broad SMARTS) is 1. The van der Waals surface area contributed by atoms with E-state index in [0.717, 1.165) is 21.6 Å². The molecule has 222 valence electrons. The van der Waals surface area contributed by atoms with Crippen molar-refractivity contribution in [3.63, 3.8) is 0 Å². The van der Waals surface area contributed by atoms with E-state index in [1.165, 1.54) is 12.3 Å². The topological polar surface area (TPSA) is 134 Å². The third-order valence-electron chi connectivity index (χ3n) is 6.12. The maximum absolute atomic E-state index is 13.3. The van der Waals surface area contributed by atoms with Crippen molar-refractivity contribution in [2.75, 3.05) is 22.1 Å². The zero-order valence-corrected chi connectivity index (χ0v) is 25.0. The number of halogens is 1. The third-order valence-corrected chi connectivity index (χ3v) is 6.37. The molecule has 0 saturated carbocycles. The second-order valence-electron chi connectivity index (χ2n) is 10.7. The fourth-order valence-electron chi connectivity index (χ4n) is 4.18. The Bertz CT molecular complexity index is 1620. The molecule has 0 fully saturated rings. The molecule has 4 aromatic rings. The molecular formula is C32H32ClN5O5. The molecule has 0 bridgehead atoms. The van der Waals surface area contributed by atoms with Crippen molar-refractivity contribution in [1.82, 2.24) is 9.97 Å². The lowest BCUT2D eigenvalue weighted by atomic mass is 9.97. The number of anilines is 3. The van der Waals surface area contributed by atoms with Crippen LogP contribution >= 0.6 is 11.6 Å². The van der Waals surface area contributed by atoms with Crippen LogP contribution in [-0.2, 0) is 11.2 Å². The van der Waals surface area contributed by atoms with Crippen LogP contribution in [0, 0.1) is 6.92 Å². The number of ether oxygens (including phenoxy) is 1. The van der Waals surface area contributed by atoms with Gasteiger partial charge in [0.15, 0.2) is 0 Å². The average molecular weight is 602 g/mol. The van der Waals surface area contributed by atoms with Crippen LogP contribution in [0.1, 0.15) is 42.4 Å². The van der Waals surface area contributed by atoms with Crippen molar-refractivity contribution in [3.8, 4) is 11.1 Å². The lowest BCUT2D eigenvalue weighted by Crippen LogP contribution is -2.32. The summed E-state index contributed by atoms with van der Waals surface area (Å²) >= 11 is 6.03. The third kappa shape index (κ3) is 8.76. The maximum Gasteiger partial charge on any atom is 0.413 e. The second-order valence-corrected chi connectivity index (χ2v) is 11.2. The first-order chi connectivity index (χ1) is 20.4. The first-order valence-corrected chi connectivity index (χ1v) is 13.9. The van der Waals surface area contributed by atoms with E-state index >= 15 is 0 Å². The molecule has 0 spiro atoms. The van der Waals surface area contributed by atoms with Crippen molar-refractivity contribution in [3.05, 3.63) is 101 Å². The smallest absolute Gasteiger partial charge is 0.413 e. The van der Waals surface area contributed by atoms with Crippen molar-refractivity contribution in [2.45, 2.75) is 39.7 Å². The number of hydrogen-bond acceptors (Lipinski definition) is 6. The molecule has 10 nitrogen and oxygen atoms in total. The van der Waals surface area contributed by atoms with Crippen molar-refractivity contribution >= 4 is 47.0 Å². The molecule has 0 aliphatic heterocycles. The molecule has 0 aliphatic rings. The normalized spacial score (nSPS) is 11.0. The minimum atomic E-state index is -1.19. The second kappa shape index (κ2) is 13.3. The van der Waals surface area contributed by atoms with Gasteiger partial charge < -0.3 is 15.2 Å². The lowest BCUT2D eigenvalue weighted by molar-refractivity contribution is 0.0635. The minimum Gasteiger partial charge on any atom is -0.465 e. The molecular weight excluding hydrogens is 570 g/mol. The summed E-state index contributed by atoms with van der Waals surface area (Å²) in [7, 11) is 0. The summed E-state index contributed by atoms with van der Waals surface area (Å²) in [5.41, 5.74) is 3.32. The van der Waals surface area contributed by atoms with Crippen LogP contribution in [0.2, 0.25) is 5.02 Å². The van der Waals surface area contributed by atoms with Crippen LogP contribution in [0.5, 0.6) is 0 Å². The van der Waals surface area contributed by atoms with E-state index in [-0.39, 0.29) is 24.7 Å². The Balaban J connectivity index is 1.43. The first kappa shape index (κ1) is 31.0. The summed E-state index contributed by atoms with van der Waals surface area (Å²) in [5.74, 6) is 0.148. The molecule has 4 rings (SSSR count). The Morgan fingerprint density at radius 2 is 1.72 bits per heavy atom. The van der Waals surface area contributed by atoms with E-state index in [4.69, 9.17) is 16.3 Å². The number of aromatic nitrogens is 2. The molecule has 0 saturated heterocycles. The van der Waals surface area contributed by atoms with Gasteiger partial charge >= 0.3 is 12.2 Å². The number of nitrogens with one attached hydrogen (secondary N) is 2. The van der Waals surface area contributed by atoms with E-state index in [1.54, 1.807) is 63.2 Å². The van der Waals surface area contributed by atoms with Gasteiger partial charge in [-0.1, -0.05) is 47.5 Å². The fourth-order valence-corrected chi connectivity index (χ4v) is 4.30. The van der Waals surface area contributed by atoms with Gasteiger partial charge in [0, 0.05) is 29.2 Å². The zero-order valence-electron chi connectivity index (χ0n) is 24.2. The molecule has 0 atom stereocenters. The number of amides is 3. The molecule has 43 heavy (non-hydrogen) atoms. The Kier molecular flexibility index (Phi) is 9.62. The van der Waals surface area contributed by atoms with Crippen LogP contribution in [0.15, 0.2) is 79.0 Å². The number of aryl methyl sites for hydroxylation is 1. The number of pyridine rings is 2. The monoisotopic (exact) mass is 601 g/mol. The number of rotatable bonds is 8. The highest BCUT2D eigenvalue weighted by molar-refractivity contribution is 6.30. The highest BCUT2D eigenvalue weighted by Gasteiger charge is 2.19. The molecule has 3 amide bonds. The standard InChI is InChI=1S/C32H32ClN5O5/c1-20-8-14-25(21-9-11-22(33)12-10-21)26(18-20)29(39)36-24-13-15-28(34-19-24)38(31(41)42)17-16-23-6-5-7-27(35-23)37-30(40)43-32(2,3)4/h5-15,18-19H,16-17H2,1-4H3,(H,36,39)(H,41,42)(H,35,37,40). The molecule has 2 aromatic carbocycles. The van der Waals surface area contributed by atoms with Gasteiger partial charge in [-0.2, -0.15) is 0 Å². The van der Waals surface area contributed by atoms with E-state index < -0.39 is 17.8 Å². The minimum absolute atomic E-state index is 0.0602. The Morgan fingerprint density at radius 3 is 2.37 bits per heavy atom. The van der Waals surface area contributed by atoms with Gasteiger partial charge in [0.1, 0.15) is 17.2 Å². The van der Waals surface area contributed by atoms with Gasteiger partial charge in [-0.3, -0.25) is 15.0 Å². The van der Waals surface area contributed by atoms with Crippen LogP contribution in [-0.4, -0.2) is 45.3 Å². The van der Waals surface area contributed by atoms with E-state index in [0.29, 0.717) is 27.8 Å². The average Bonchev–Trinajstić information content (AvgIpc) is 2.93. The zero-order chi connectivity index (χ0) is 31.1. The number of benzene rings is 2. The predicted molar refractivity (Wildman–Crippen MR) is 167 cm³/mol. The van der Waals surface area contributed by atoms with Gasteiger partial charge in [0.05, 0.1) is 11.9 Å². The summed E-state index contributed by atoms with van der Waals surface area (Å²) < 4.78 is 5.25. The molecule has 11 heteroatoms. The molecule has 0 aliphatic carbocycles. The molecule has 2 heterocycles. The Hall–Kier alpha value is -4.96. The number of carbonyl (C=O) groups is 3. The molecule has 2 aromatic heterocycles. The van der Waals surface area contributed by atoms with Crippen LogP contribution in [0.25, 0.3) is 11.1 Å². The summed E-state index contributed by atoms with van der Waals surface area (Å²) in [6.45, 7) is 7.24. The molecule has 0 radical (unpaired) electrons. The van der Waals surface area contributed by atoms with Crippen molar-refractivity contribution in [1.29, 1.82) is 0 Å². The van der Waals surface area contributed by atoms with Crippen molar-refractivity contribution in [2.24, 2.45) is 0 Å². The Morgan fingerprint density at radius 1 is 0.977 bits per heavy atom.